The number of rotatable bonds is 5. The molecule has 0 radical (unpaired) electrons. The van der Waals surface area contributed by atoms with Crippen LogP contribution in [0.2, 0.25) is 0 Å². The van der Waals surface area contributed by atoms with Gasteiger partial charge in [-0.15, -0.1) is 0 Å². The molecule has 6 aromatic rings. The van der Waals surface area contributed by atoms with Gasteiger partial charge in [-0.25, -0.2) is 0 Å². The first-order chi connectivity index (χ1) is 21.9. The van der Waals surface area contributed by atoms with E-state index in [9.17, 15) is 0 Å². The minimum absolute atomic E-state index is 0.0428. The molecule has 0 bridgehead atoms. The van der Waals surface area contributed by atoms with Gasteiger partial charge in [-0.05, 0) is 0 Å². The molecule has 0 saturated heterocycles. The molecule has 1 atom stereocenters. The van der Waals surface area contributed by atoms with Crippen molar-refractivity contribution in [2.24, 2.45) is 0 Å². The van der Waals surface area contributed by atoms with Crippen LogP contribution in [0.4, 0.5) is 0 Å². The van der Waals surface area contributed by atoms with Crippen LogP contribution in [-0.4, -0.2) is 9.52 Å². The van der Waals surface area contributed by atoms with Gasteiger partial charge < -0.3 is 0 Å². The summed E-state index contributed by atoms with van der Waals surface area (Å²) in [6.07, 6.45) is 2.42. The van der Waals surface area contributed by atoms with E-state index in [2.05, 4.69) is 153 Å². The standard InChI is InChI=1S/C29H23.C12H9Si.2ClH.Zr/c1-20-15-21(2)17-26(16-20)29-27(23-11-7-4-8-12-23)14-13-24-18-25(19-28(24)29)22-9-5-3-6-10-22;1-3-7-11-9(5-1)10-6-2-4-8-12(10)13-11;;;/h3-19H,1-2H3;1-7H,13H2;2*1H;/q;;;;+2/p-2. The summed E-state index contributed by atoms with van der Waals surface area (Å²) in [6.45, 7) is 4.37. The van der Waals surface area contributed by atoms with Gasteiger partial charge in [0.2, 0.25) is 0 Å². The van der Waals surface area contributed by atoms with E-state index >= 15 is 0 Å². The summed E-state index contributed by atoms with van der Waals surface area (Å²) < 4.78 is 1.21. The Kier molecular flexibility index (Phi) is 7.46. The summed E-state index contributed by atoms with van der Waals surface area (Å²) in [5.74, 6) is 0. The van der Waals surface area contributed by atoms with Gasteiger partial charge in [-0.2, -0.15) is 0 Å². The number of benzene rings is 6. The van der Waals surface area contributed by atoms with Crippen LogP contribution in [0.5, 0.6) is 0 Å². The molecule has 45 heavy (non-hydrogen) atoms. The summed E-state index contributed by atoms with van der Waals surface area (Å²) in [6, 6.07) is 48.6. The second-order valence-electron chi connectivity index (χ2n) is 12.4. The van der Waals surface area contributed by atoms with E-state index in [4.69, 9.17) is 17.0 Å². The third-order valence-electron chi connectivity index (χ3n) is 9.48. The maximum absolute atomic E-state index is 8.03. The fourth-order valence-corrected chi connectivity index (χ4v) is 24.1. The molecular formula is C41H32Cl2SiZr. The average molecular weight is 715 g/mol. The Hall–Kier alpha value is -3.26. The van der Waals surface area contributed by atoms with Crippen molar-refractivity contribution in [3.63, 3.8) is 0 Å². The van der Waals surface area contributed by atoms with E-state index in [1.165, 1.54) is 80.4 Å². The van der Waals surface area contributed by atoms with Crippen molar-refractivity contribution in [2.75, 3.05) is 0 Å². The molecule has 0 spiro atoms. The van der Waals surface area contributed by atoms with Gasteiger partial charge in [0.15, 0.2) is 0 Å². The van der Waals surface area contributed by atoms with Crippen LogP contribution in [0.1, 0.15) is 31.4 Å². The minimum atomic E-state index is -4.19. The quantitative estimate of drug-likeness (QED) is 0.156. The molecule has 0 amide bonds. The average Bonchev–Trinajstić information content (AvgIpc) is 3.64. The van der Waals surface area contributed by atoms with E-state index in [0.29, 0.717) is 0 Å². The maximum atomic E-state index is 8.03. The molecule has 1 aliphatic heterocycles. The van der Waals surface area contributed by atoms with Crippen LogP contribution in [-0.2, 0) is 17.9 Å². The molecule has 1 unspecified atom stereocenters. The first-order valence-corrected chi connectivity index (χ1v) is 26.0. The molecule has 1 aliphatic carbocycles. The Labute approximate surface area is 279 Å². The van der Waals surface area contributed by atoms with Crippen molar-refractivity contribution in [1.82, 2.24) is 0 Å². The fourth-order valence-electron chi connectivity index (χ4n) is 7.63. The Morgan fingerprint density at radius 3 is 1.96 bits per heavy atom. The monoisotopic (exact) mass is 712 g/mol. The third-order valence-corrected chi connectivity index (χ3v) is 23.7. The van der Waals surface area contributed by atoms with Crippen LogP contribution in [0.15, 0.2) is 133 Å². The number of hydrogen-bond donors (Lipinski definition) is 0. The van der Waals surface area contributed by atoms with Crippen molar-refractivity contribution in [3.8, 4) is 33.4 Å². The molecule has 2 aliphatic rings. The number of halogens is 2. The van der Waals surface area contributed by atoms with E-state index in [1.54, 1.807) is 0 Å². The Bertz CT molecular complexity index is 2110. The molecular weight excluding hydrogens is 683 g/mol. The van der Waals surface area contributed by atoms with Crippen LogP contribution in [0.3, 0.4) is 0 Å². The fraction of sp³-hybridized carbons (Fsp3) is 0.0732. The summed E-state index contributed by atoms with van der Waals surface area (Å²) in [5.41, 5.74) is 15.1. The third kappa shape index (κ3) is 4.99. The van der Waals surface area contributed by atoms with Gasteiger partial charge >= 0.3 is 282 Å². The van der Waals surface area contributed by atoms with Crippen molar-refractivity contribution >= 4 is 51.8 Å². The second kappa shape index (κ2) is 11.5. The van der Waals surface area contributed by atoms with Crippen molar-refractivity contribution in [3.05, 3.63) is 161 Å². The summed E-state index contributed by atoms with van der Waals surface area (Å²) in [4.78, 5) is 0. The van der Waals surface area contributed by atoms with Gasteiger partial charge in [-0.1, -0.05) is 0 Å². The molecule has 0 nitrogen and oxygen atoms in total. The van der Waals surface area contributed by atoms with Crippen molar-refractivity contribution in [1.29, 1.82) is 0 Å². The molecule has 6 aromatic carbocycles. The molecule has 0 fully saturated rings. The second-order valence-corrected chi connectivity index (χ2v) is 28.2. The SMILES string of the molecule is Cc1cc(C)cc(-c2c(-c3ccccc3)ccc3c2C=C(c2ccccc2)[CH]3[Zr]([Cl])([Cl])[c]2cccc3c2[SiH2]c2ccccc2-3)c1. The Morgan fingerprint density at radius 1 is 0.578 bits per heavy atom. The summed E-state index contributed by atoms with van der Waals surface area (Å²) >= 11 is -4.19. The molecule has 0 N–H and O–H groups in total. The zero-order valence-electron chi connectivity index (χ0n) is 25.3. The van der Waals surface area contributed by atoms with Gasteiger partial charge in [0.25, 0.3) is 0 Å². The Balaban J connectivity index is 1.39. The number of fused-ring (bicyclic) bond motifs is 4. The number of allylic oxidation sites excluding steroid dienone is 1. The molecule has 0 saturated carbocycles. The van der Waals surface area contributed by atoms with E-state index in [-0.39, 0.29) is 3.63 Å². The summed E-state index contributed by atoms with van der Waals surface area (Å²) in [7, 11) is 15.4. The van der Waals surface area contributed by atoms with E-state index in [1.807, 2.05) is 0 Å². The predicted octanol–water partition coefficient (Wildman–Crippen LogP) is 9.12. The zero-order chi connectivity index (χ0) is 30.7. The molecule has 0 aromatic heterocycles. The predicted molar refractivity (Wildman–Crippen MR) is 195 cm³/mol. The topological polar surface area (TPSA) is 0 Å². The van der Waals surface area contributed by atoms with Gasteiger partial charge in [-0.3, -0.25) is 0 Å². The van der Waals surface area contributed by atoms with Crippen LogP contribution >= 0.6 is 17.0 Å². The van der Waals surface area contributed by atoms with Crippen molar-refractivity contribution < 1.29 is 17.9 Å². The Morgan fingerprint density at radius 2 is 1.22 bits per heavy atom. The number of aryl methyl sites for hydroxylation is 2. The van der Waals surface area contributed by atoms with Gasteiger partial charge in [0, 0.05) is 0 Å². The van der Waals surface area contributed by atoms with Crippen LogP contribution < -0.4 is 13.6 Å². The van der Waals surface area contributed by atoms with Crippen LogP contribution in [0.25, 0.3) is 45.0 Å². The number of hydrogen-bond acceptors (Lipinski definition) is 0. The summed E-state index contributed by atoms with van der Waals surface area (Å²) in [5, 5.41) is 2.95. The zero-order valence-corrected chi connectivity index (χ0v) is 30.7. The van der Waals surface area contributed by atoms with Crippen LogP contribution in [0, 0.1) is 13.8 Å². The molecule has 8 rings (SSSR count). The van der Waals surface area contributed by atoms with E-state index in [0.717, 1.165) is 0 Å². The molecule has 218 valence electrons. The van der Waals surface area contributed by atoms with Gasteiger partial charge in [0.05, 0.1) is 0 Å². The normalized spacial score (nSPS) is 15.5. The van der Waals surface area contributed by atoms with E-state index < -0.39 is 27.4 Å². The molecule has 1 heterocycles. The first-order valence-electron chi connectivity index (χ1n) is 15.6. The van der Waals surface area contributed by atoms with Crippen molar-refractivity contribution in [2.45, 2.75) is 17.5 Å². The first kappa shape index (κ1) is 29.2. The molecule has 4 heteroatoms. The van der Waals surface area contributed by atoms with Gasteiger partial charge in [0.1, 0.15) is 0 Å².